The van der Waals surface area contributed by atoms with Gasteiger partial charge in [0.1, 0.15) is 5.82 Å². The normalized spacial score (nSPS) is 10.6. The molecule has 18 heavy (non-hydrogen) atoms. The summed E-state index contributed by atoms with van der Waals surface area (Å²) in [5, 5.41) is 0.571. The Morgan fingerprint density at radius 3 is 2.67 bits per heavy atom. The molecule has 0 fully saturated rings. The number of hydrogen-bond donors (Lipinski definition) is 1. The molecule has 2 aromatic rings. The maximum atomic E-state index is 12.7. The standard InChI is InChI=1S/C12H11FN2OS2/c1-17-10-6-14-12(15-11(10)16)18-7-8-2-4-9(13)5-3-8/h2-6H,7H2,1H3,(H,14,15,16). The Morgan fingerprint density at radius 2 is 2.06 bits per heavy atom. The first-order valence-corrected chi connectivity index (χ1v) is 7.40. The average Bonchev–Trinajstić information content (AvgIpc) is 2.38. The predicted octanol–water partition coefficient (Wildman–Crippen LogP) is 2.92. The molecule has 6 heteroatoms. The zero-order valence-electron chi connectivity index (χ0n) is 9.64. The highest BCUT2D eigenvalue weighted by Gasteiger charge is 2.02. The second-order valence-electron chi connectivity index (χ2n) is 3.50. The van der Waals surface area contributed by atoms with Gasteiger partial charge in [-0.1, -0.05) is 23.9 Å². The molecule has 0 aliphatic carbocycles. The van der Waals surface area contributed by atoms with E-state index >= 15 is 0 Å². The average molecular weight is 282 g/mol. The van der Waals surface area contributed by atoms with Crippen LogP contribution in [0.3, 0.4) is 0 Å². The minimum Gasteiger partial charge on any atom is -0.301 e. The monoisotopic (exact) mass is 282 g/mol. The number of hydrogen-bond acceptors (Lipinski definition) is 4. The first-order chi connectivity index (χ1) is 8.69. The highest BCUT2D eigenvalue weighted by molar-refractivity contribution is 7.98. The minimum absolute atomic E-state index is 0.126. The van der Waals surface area contributed by atoms with Gasteiger partial charge in [-0.2, -0.15) is 0 Å². The van der Waals surface area contributed by atoms with Crippen molar-refractivity contribution in [3.63, 3.8) is 0 Å². The molecule has 3 nitrogen and oxygen atoms in total. The molecule has 0 aliphatic heterocycles. The maximum absolute atomic E-state index is 12.7. The number of aromatic amines is 1. The van der Waals surface area contributed by atoms with E-state index in [0.29, 0.717) is 15.8 Å². The van der Waals surface area contributed by atoms with Gasteiger partial charge in [0, 0.05) is 11.9 Å². The third-order valence-corrected chi connectivity index (χ3v) is 3.94. The molecule has 2 rings (SSSR count). The molecular weight excluding hydrogens is 271 g/mol. The zero-order valence-corrected chi connectivity index (χ0v) is 11.3. The summed E-state index contributed by atoms with van der Waals surface area (Å²) in [6, 6.07) is 6.28. The van der Waals surface area contributed by atoms with Crippen LogP contribution in [0.5, 0.6) is 0 Å². The van der Waals surface area contributed by atoms with Crippen molar-refractivity contribution < 1.29 is 4.39 Å². The van der Waals surface area contributed by atoms with Gasteiger partial charge in [0.25, 0.3) is 5.56 Å². The van der Waals surface area contributed by atoms with Crippen LogP contribution in [0.15, 0.2) is 45.3 Å². The lowest BCUT2D eigenvalue weighted by atomic mass is 10.2. The van der Waals surface area contributed by atoms with Crippen LogP contribution in [0.4, 0.5) is 4.39 Å². The molecule has 0 saturated carbocycles. The van der Waals surface area contributed by atoms with E-state index in [1.807, 2.05) is 6.26 Å². The van der Waals surface area contributed by atoms with Crippen LogP contribution in [0, 0.1) is 5.82 Å². The molecule has 1 aromatic heterocycles. The topological polar surface area (TPSA) is 45.8 Å². The van der Waals surface area contributed by atoms with Crippen LogP contribution in [0.2, 0.25) is 0 Å². The Morgan fingerprint density at radius 1 is 1.33 bits per heavy atom. The van der Waals surface area contributed by atoms with Gasteiger partial charge in [0.15, 0.2) is 5.16 Å². The SMILES string of the molecule is CSc1cnc(SCc2ccc(F)cc2)[nH]c1=O. The van der Waals surface area contributed by atoms with Crippen LogP contribution >= 0.6 is 23.5 Å². The Balaban J connectivity index is 2.04. The molecule has 0 bridgehead atoms. The summed E-state index contributed by atoms with van der Waals surface area (Å²) in [5.74, 6) is 0.390. The van der Waals surface area contributed by atoms with Gasteiger partial charge in [-0.3, -0.25) is 4.79 Å². The molecular formula is C12H11FN2OS2. The van der Waals surface area contributed by atoms with Gasteiger partial charge < -0.3 is 4.98 Å². The van der Waals surface area contributed by atoms with E-state index in [-0.39, 0.29) is 11.4 Å². The summed E-state index contributed by atoms with van der Waals surface area (Å²) in [6.45, 7) is 0. The van der Waals surface area contributed by atoms with Crippen molar-refractivity contribution in [3.8, 4) is 0 Å². The summed E-state index contributed by atoms with van der Waals surface area (Å²) in [6.07, 6.45) is 3.40. The van der Waals surface area contributed by atoms with Gasteiger partial charge in [0.2, 0.25) is 0 Å². The van der Waals surface area contributed by atoms with E-state index in [1.165, 1.54) is 35.7 Å². The van der Waals surface area contributed by atoms with E-state index < -0.39 is 0 Å². The van der Waals surface area contributed by atoms with Crippen molar-refractivity contribution in [2.45, 2.75) is 15.8 Å². The molecule has 1 heterocycles. The maximum Gasteiger partial charge on any atom is 0.265 e. The lowest BCUT2D eigenvalue weighted by Gasteiger charge is -2.02. The largest absolute Gasteiger partial charge is 0.301 e. The van der Waals surface area contributed by atoms with E-state index in [2.05, 4.69) is 9.97 Å². The number of H-pyrrole nitrogens is 1. The van der Waals surface area contributed by atoms with Gasteiger partial charge in [0.05, 0.1) is 4.90 Å². The third-order valence-electron chi connectivity index (χ3n) is 2.25. The Labute approximate surface area is 112 Å². The fraction of sp³-hybridized carbons (Fsp3) is 0.167. The number of halogens is 1. The quantitative estimate of drug-likeness (QED) is 0.692. The van der Waals surface area contributed by atoms with Gasteiger partial charge in [-0.05, 0) is 24.0 Å². The van der Waals surface area contributed by atoms with E-state index in [1.54, 1.807) is 18.3 Å². The molecule has 1 aromatic carbocycles. The number of nitrogens with one attached hydrogen (secondary N) is 1. The summed E-state index contributed by atoms with van der Waals surface area (Å²) >= 11 is 2.78. The van der Waals surface area contributed by atoms with E-state index in [0.717, 1.165) is 5.56 Å². The summed E-state index contributed by atoms with van der Waals surface area (Å²) in [7, 11) is 0. The van der Waals surface area contributed by atoms with Gasteiger partial charge in [-0.15, -0.1) is 11.8 Å². The molecule has 0 aliphatic rings. The van der Waals surface area contributed by atoms with Crippen molar-refractivity contribution in [1.29, 1.82) is 0 Å². The number of aromatic nitrogens is 2. The summed E-state index contributed by atoms with van der Waals surface area (Å²) < 4.78 is 12.7. The van der Waals surface area contributed by atoms with Gasteiger partial charge in [-0.25, -0.2) is 9.37 Å². The number of rotatable bonds is 4. The first-order valence-electron chi connectivity index (χ1n) is 5.19. The Hall–Kier alpha value is -1.27. The van der Waals surface area contributed by atoms with Crippen molar-refractivity contribution in [1.82, 2.24) is 9.97 Å². The molecule has 0 unspecified atom stereocenters. The molecule has 0 amide bonds. The highest BCUT2D eigenvalue weighted by atomic mass is 32.2. The zero-order chi connectivity index (χ0) is 13.0. The second-order valence-corrected chi connectivity index (χ2v) is 5.31. The molecule has 94 valence electrons. The minimum atomic E-state index is -0.250. The Bertz CT molecular complexity index is 583. The predicted molar refractivity (Wildman–Crippen MR) is 72.6 cm³/mol. The first kappa shape index (κ1) is 13.2. The molecule has 0 saturated heterocycles. The summed E-state index contributed by atoms with van der Waals surface area (Å²) in [4.78, 5) is 19.0. The van der Waals surface area contributed by atoms with Crippen LogP contribution in [-0.2, 0) is 5.75 Å². The lowest BCUT2D eigenvalue weighted by Crippen LogP contribution is -2.09. The van der Waals surface area contributed by atoms with E-state index in [9.17, 15) is 9.18 Å². The van der Waals surface area contributed by atoms with Crippen molar-refractivity contribution in [3.05, 3.63) is 52.2 Å². The highest BCUT2D eigenvalue weighted by Crippen LogP contribution is 2.19. The number of benzene rings is 1. The number of nitrogens with zero attached hydrogens (tertiary/aromatic N) is 1. The van der Waals surface area contributed by atoms with E-state index in [4.69, 9.17) is 0 Å². The summed E-state index contributed by atoms with van der Waals surface area (Å²) in [5.41, 5.74) is 0.858. The number of thioether (sulfide) groups is 2. The van der Waals surface area contributed by atoms with Gasteiger partial charge >= 0.3 is 0 Å². The van der Waals surface area contributed by atoms with Crippen molar-refractivity contribution >= 4 is 23.5 Å². The van der Waals surface area contributed by atoms with Crippen LogP contribution in [-0.4, -0.2) is 16.2 Å². The fourth-order valence-electron chi connectivity index (χ4n) is 1.32. The molecule has 0 spiro atoms. The lowest BCUT2D eigenvalue weighted by molar-refractivity contribution is 0.627. The fourth-order valence-corrected chi connectivity index (χ4v) is 2.50. The molecule has 1 N–H and O–H groups in total. The Kier molecular flexibility index (Phi) is 4.43. The molecule has 0 atom stereocenters. The van der Waals surface area contributed by atoms with Crippen molar-refractivity contribution in [2.75, 3.05) is 6.26 Å². The second kappa shape index (κ2) is 6.06. The third kappa shape index (κ3) is 3.36. The smallest absolute Gasteiger partial charge is 0.265 e. The molecule has 0 radical (unpaired) electrons. The van der Waals surface area contributed by atoms with Crippen LogP contribution in [0.1, 0.15) is 5.56 Å². The van der Waals surface area contributed by atoms with Crippen molar-refractivity contribution in [2.24, 2.45) is 0 Å². The van der Waals surface area contributed by atoms with Crippen LogP contribution in [0.25, 0.3) is 0 Å². The van der Waals surface area contributed by atoms with Crippen LogP contribution < -0.4 is 5.56 Å².